The minimum absolute atomic E-state index is 0.283. The van der Waals surface area contributed by atoms with E-state index in [4.69, 9.17) is 5.73 Å². The number of thioether (sulfide) groups is 1. The van der Waals surface area contributed by atoms with Gasteiger partial charge in [-0.25, -0.2) is 4.39 Å². The molecule has 0 aliphatic rings. The minimum atomic E-state index is -0.806. The van der Waals surface area contributed by atoms with E-state index in [0.717, 1.165) is 16.0 Å². The van der Waals surface area contributed by atoms with Crippen LogP contribution < -0.4 is 11.1 Å². The minimum Gasteiger partial charge on any atom is -0.368 e. The molecule has 0 spiro atoms. The first-order valence-corrected chi connectivity index (χ1v) is 10.1. The van der Waals surface area contributed by atoms with Crippen molar-refractivity contribution in [2.24, 2.45) is 5.73 Å². The fraction of sp³-hybridized carbons (Fsp3) is 0.130. The number of halogens is 1. The molecule has 3 aromatic rings. The first kappa shape index (κ1) is 20.6. The van der Waals surface area contributed by atoms with Gasteiger partial charge in [-0.2, -0.15) is 0 Å². The SMILES string of the molecule is NC(=O)[C@H](Cc1ccccc1)NC(=O)c1ccccc1SCc1ccc(F)cc1. The molecule has 0 radical (unpaired) electrons. The lowest BCUT2D eigenvalue weighted by atomic mass is 10.0. The molecule has 3 rings (SSSR count). The lowest BCUT2D eigenvalue weighted by Crippen LogP contribution is -2.46. The van der Waals surface area contributed by atoms with Crippen molar-refractivity contribution in [3.63, 3.8) is 0 Å². The third kappa shape index (κ3) is 5.93. The van der Waals surface area contributed by atoms with Gasteiger partial charge < -0.3 is 11.1 Å². The molecule has 148 valence electrons. The zero-order valence-electron chi connectivity index (χ0n) is 15.7. The van der Waals surface area contributed by atoms with Crippen LogP contribution in [-0.4, -0.2) is 17.9 Å². The van der Waals surface area contributed by atoms with Gasteiger partial charge in [0.15, 0.2) is 0 Å². The van der Waals surface area contributed by atoms with Gasteiger partial charge in [0.1, 0.15) is 11.9 Å². The maximum atomic E-state index is 13.1. The zero-order chi connectivity index (χ0) is 20.6. The monoisotopic (exact) mass is 408 g/mol. The average molecular weight is 408 g/mol. The average Bonchev–Trinajstić information content (AvgIpc) is 2.73. The highest BCUT2D eigenvalue weighted by Crippen LogP contribution is 2.26. The molecular formula is C23H21FN2O2S. The van der Waals surface area contributed by atoms with Gasteiger partial charge in [0.25, 0.3) is 5.91 Å². The zero-order valence-corrected chi connectivity index (χ0v) is 16.5. The Morgan fingerprint density at radius 1 is 0.897 bits per heavy atom. The lowest BCUT2D eigenvalue weighted by Gasteiger charge is -2.17. The Kier molecular flexibility index (Phi) is 7.03. The molecule has 1 atom stereocenters. The molecule has 29 heavy (non-hydrogen) atoms. The van der Waals surface area contributed by atoms with Crippen LogP contribution in [0.15, 0.2) is 83.8 Å². The number of carbonyl (C=O) groups excluding carboxylic acids is 2. The van der Waals surface area contributed by atoms with Crippen molar-refractivity contribution in [2.45, 2.75) is 23.1 Å². The Morgan fingerprint density at radius 2 is 1.55 bits per heavy atom. The number of benzene rings is 3. The van der Waals surface area contributed by atoms with Crippen molar-refractivity contribution in [3.8, 4) is 0 Å². The van der Waals surface area contributed by atoms with Crippen molar-refractivity contribution in [2.75, 3.05) is 0 Å². The molecule has 3 aromatic carbocycles. The predicted octanol–water partition coefficient (Wildman–Crippen LogP) is 3.94. The summed E-state index contributed by atoms with van der Waals surface area (Å²) in [6, 6.07) is 22.0. The Bertz CT molecular complexity index is 978. The van der Waals surface area contributed by atoms with E-state index in [0.29, 0.717) is 17.7 Å². The van der Waals surface area contributed by atoms with E-state index in [1.807, 2.05) is 42.5 Å². The molecule has 0 heterocycles. The third-order valence-corrected chi connectivity index (χ3v) is 5.52. The number of primary amides is 1. The van der Waals surface area contributed by atoms with E-state index in [9.17, 15) is 14.0 Å². The van der Waals surface area contributed by atoms with Crippen molar-refractivity contribution in [3.05, 3.63) is 101 Å². The number of amides is 2. The normalized spacial score (nSPS) is 11.6. The van der Waals surface area contributed by atoms with Gasteiger partial charge in [0.2, 0.25) is 5.91 Å². The number of hydrogen-bond donors (Lipinski definition) is 2. The van der Waals surface area contributed by atoms with Gasteiger partial charge in [-0.05, 0) is 35.4 Å². The van der Waals surface area contributed by atoms with E-state index in [1.54, 1.807) is 24.3 Å². The summed E-state index contributed by atoms with van der Waals surface area (Å²) >= 11 is 1.47. The number of nitrogens with one attached hydrogen (secondary N) is 1. The van der Waals surface area contributed by atoms with Crippen LogP contribution in [-0.2, 0) is 17.0 Å². The van der Waals surface area contributed by atoms with Gasteiger partial charge in [0.05, 0.1) is 5.56 Å². The number of rotatable bonds is 8. The summed E-state index contributed by atoms with van der Waals surface area (Å²) in [6.07, 6.45) is 0.326. The number of carbonyl (C=O) groups is 2. The smallest absolute Gasteiger partial charge is 0.253 e. The summed E-state index contributed by atoms with van der Waals surface area (Å²) in [5.74, 6) is -0.631. The van der Waals surface area contributed by atoms with Crippen LogP contribution in [0.3, 0.4) is 0 Å². The molecule has 4 nitrogen and oxygen atoms in total. The van der Waals surface area contributed by atoms with Crippen molar-refractivity contribution in [1.29, 1.82) is 0 Å². The molecular weight excluding hydrogens is 387 g/mol. The molecule has 0 unspecified atom stereocenters. The molecule has 6 heteroatoms. The Morgan fingerprint density at radius 3 is 2.24 bits per heavy atom. The molecule has 0 aliphatic carbocycles. The summed E-state index contributed by atoms with van der Waals surface area (Å²) in [4.78, 5) is 25.5. The number of nitrogens with two attached hydrogens (primary N) is 1. The van der Waals surface area contributed by atoms with Crippen molar-refractivity contribution < 1.29 is 14.0 Å². The van der Waals surface area contributed by atoms with E-state index >= 15 is 0 Å². The largest absolute Gasteiger partial charge is 0.368 e. The highest BCUT2D eigenvalue weighted by molar-refractivity contribution is 7.98. The maximum Gasteiger partial charge on any atom is 0.253 e. The molecule has 3 N–H and O–H groups in total. The van der Waals surface area contributed by atoms with E-state index in [2.05, 4.69) is 5.32 Å². The highest BCUT2D eigenvalue weighted by Gasteiger charge is 2.21. The van der Waals surface area contributed by atoms with Crippen LogP contribution in [0.5, 0.6) is 0 Å². The summed E-state index contributed by atoms with van der Waals surface area (Å²) < 4.78 is 13.1. The Labute approximate surface area is 173 Å². The molecule has 0 fully saturated rings. The van der Waals surface area contributed by atoms with Gasteiger partial charge in [-0.15, -0.1) is 11.8 Å². The van der Waals surface area contributed by atoms with Crippen molar-refractivity contribution in [1.82, 2.24) is 5.32 Å². The fourth-order valence-electron chi connectivity index (χ4n) is 2.83. The second kappa shape index (κ2) is 9.89. The first-order valence-electron chi connectivity index (χ1n) is 9.13. The van der Waals surface area contributed by atoms with Crippen LogP contribution in [0.2, 0.25) is 0 Å². The van der Waals surface area contributed by atoms with Crippen LogP contribution in [0.25, 0.3) is 0 Å². The molecule has 0 saturated carbocycles. The molecule has 0 aromatic heterocycles. The lowest BCUT2D eigenvalue weighted by molar-refractivity contribution is -0.119. The van der Waals surface area contributed by atoms with E-state index in [-0.39, 0.29) is 11.7 Å². The Hall–Kier alpha value is -3.12. The molecule has 0 aliphatic heterocycles. The van der Waals surface area contributed by atoms with Crippen LogP contribution >= 0.6 is 11.8 Å². The van der Waals surface area contributed by atoms with Crippen molar-refractivity contribution >= 4 is 23.6 Å². The summed E-state index contributed by atoms with van der Waals surface area (Å²) in [5, 5.41) is 2.75. The second-order valence-electron chi connectivity index (χ2n) is 6.53. The van der Waals surface area contributed by atoms with Gasteiger partial charge >= 0.3 is 0 Å². The maximum absolute atomic E-state index is 13.1. The van der Waals surface area contributed by atoms with E-state index < -0.39 is 11.9 Å². The summed E-state index contributed by atoms with van der Waals surface area (Å²) in [6.45, 7) is 0. The summed E-state index contributed by atoms with van der Waals surface area (Å²) in [7, 11) is 0. The van der Waals surface area contributed by atoms with Gasteiger partial charge in [-0.3, -0.25) is 9.59 Å². The summed E-state index contributed by atoms with van der Waals surface area (Å²) in [5.41, 5.74) is 7.84. The Balaban J connectivity index is 1.71. The molecule has 0 saturated heterocycles. The topological polar surface area (TPSA) is 72.2 Å². The quantitative estimate of drug-likeness (QED) is 0.555. The van der Waals surface area contributed by atoms with Crippen LogP contribution in [0.1, 0.15) is 21.5 Å². The standard InChI is InChI=1S/C23H21FN2O2S/c24-18-12-10-17(11-13-18)15-29-21-9-5-4-8-19(21)23(28)26-20(22(25)27)14-16-6-2-1-3-7-16/h1-13,20H,14-15H2,(H2,25,27)(H,26,28)/t20-/m0/s1. The van der Waals surface area contributed by atoms with Gasteiger partial charge in [0, 0.05) is 17.1 Å². The van der Waals surface area contributed by atoms with Gasteiger partial charge in [-0.1, -0.05) is 54.6 Å². The van der Waals surface area contributed by atoms with E-state index in [1.165, 1.54) is 23.9 Å². The molecule has 2 amide bonds. The van der Waals surface area contributed by atoms with Crippen LogP contribution in [0, 0.1) is 5.82 Å². The highest BCUT2D eigenvalue weighted by atomic mass is 32.2. The fourth-order valence-corrected chi connectivity index (χ4v) is 3.84. The van der Waals surface area contributed by atoms with Crippen LogP contribution in [0.4, 0.5) is 4.39 Å². The third-order valence-electron chi connectivity index (χ3n) is 4.37. The number of hydrogen-bond acceptors (Lipinski definition) is 3. The second-order valence-corrected chi connectivity index (χ2v) is 7.55. The predicted molar refractivity (Wildman–Crippen MR) is 113 cm³/mol. The molecule has 0 bridgehead atoms. The first-order chi connectivity index (χ1) is 14.0.